The number of sulfone groups is 1. The molecule has 0 saturated carbocycles. The predicted octanol–water partition coefficient (Wildman–Crippen LogP) is 3.77. The molecule has 2 N–H and O–H groups in total. The van der Waals surface area contributed by atoms with E-state index in [0.29, 0.717) is 11.6 Å². The zero-order valence-electron chi connectivity index (χ0n) is 17.3. The van der Waals surface area contributed by atoms with Gasteiger partial charge in [0.1, 0.15) is 6.04 Å². The predicted molar refractivity (Wildman–Crippen MR) is 124 cm³/mol. The lowest BCUT2D eigenvalue weighted by Gasteiger charge is -2.30. The van der Waals surface area contributed by atoms with Gasteiger partial charge in [0.15, 0.2) is 0 Å². The van der Waals surface area contributed by atoms with E-state index in [4.69, 9.17) is 5.73 Å². The van der Waals surface area contributed by atoms with E-state index in [0.717, 1.165) is 16.8 Å². The van der Waals surface area contributed by atoms with Gasteiger partial charge in [-0.3, -0.25) is 0 Å². The summed E-state index contributed by atoms with van der Waals surface area (Å²) in [6.07, 6.45) is 2.06. The Kier molecular flexibility index (Phi) is 4.79. The van der Waals surface area contributed by atoms with Crippen molar-refractivity contribution in [3.8, 4) is 0 Å². The van der Waals surface area contributed by atoms with Gasteiger partial charge in [-0.15, -0.1) is 5.10 Å². The van der Waals surface area contributed by atoms with Crippen molar-refractivity contribution < 1.29 is 8.42 Å². The van der Waals surface area contributed by atoms with Crippen molar-refractivity contribution in [1.29, 1.82) is 0 Å². The van der Waals surface area contributed by atoms with E-state index in [9.17, 15) is 8.42 Å². The summed E-state index contributed by atoms with van der Waals surface area (Å²) in [5, 5.41) is 4.24. The standard InChI is InChI=1S/C24H21N5O2S/c1-28-21(18-12-14-19(25)15-13-18)16-22(17-8-4-2-5-9-17)29-24(28)26-23(27-29)32(30,31)20-10-6-3-7-11-20/h2-16,22H,25H2,1H3. The van der Waals surface area contributed by atoms with Crippen molar-refractivity contribution in [3.05, 3.63) is 102 Å². The Hall–Kier alpha value is -3.91. The van der Waals surface area contributed by atoms with Gasteiger partial charge in [0.05, 0.1) is 4.90 Å². The number of fused-ring (bicyclic) bond motifs is 1. The molecule has 0 aliphatic carbocycles. The molecule has 4 aromatic rings. The Morgan fingerprint density at radius 3 is 2.16 bits per heavy atom. The van der Waals surface area contributed by atoms with Crippen molar-refractivity contribution in [1.82, 2.24) is 14.8 Å². The van der Waals surface area contributed by atoms with Gasteiger partial charge in [-0.1, -0.05) is 60.7 Å². The summed E-state index contributed by atoms with van der Waals surface area (Å²) in [6, 6.07) is 25.3. The van der Waals surface area contributed by atoms with Gasteiger partial charge in [-0.2, -0.15) is 4.98 Å². The summed E-state index contributed by atoms with van der Waals surface area (Å²) in [5.74, 6) is 0.447. The summed E-state index contributed by atoms with van der Waals surface area (Å²) in [6.45, 7) is 0. The van der Waals surface area contributed by atoms with Gasteiger partial charge in [-0.25, -0.2) is 13.1 Å². The van der Waals surface area contributed by atoms with Crippen molar-refractivity contribution in [3.63, 3.8) is 0 Å². The molecule has 160 valence electrons. The number of hydrogen-bond acceptors (Lipinski definition) is 6. The zero-order valence-corrected chi connectivity index (χ0v) is 18.1. The molecule has 0 fully saturated rings. The molecule has 0 saturated heterocycles. The Bertz CT molecular complexity index is 1400. The average Bonchev–Trinajstić information content (AvgIpc) is 3.28. The van der Waals surface area contributed by atoms with Gasteiger partial charge in [0.25, 0.3) is 5.16 Å². The Balaban J connectivity index is 1.67. The Morgan fingerprint density at radius 1 is 0.875 bits per heavy atom. The highest BCUT2D eigenvalue weighted by Crippen LogP contribution is 2.37. The molecule has 5 rings (SSSR count). The second-order valence-electron chi connectivity index (χ2n) is 7.54. The minimum atomic E-state index is -3.86. The fourth-order valence-electron chi connectivity index (χ4n) is 3.80. The maximum atomic E-state index is 13.2. The number of anilines is 2. The minimum absolute atomic E-state index is 0.161. The number of nitrogen functional groups attached to an aromatic ring is 1. The number of hydrogen-bond donors (Lipinski definition) is 1. The summed E-state index contributed by atoms with van der Waals surface area (Å²) in [7, 11) is -2.01. The van der Waals surface area contributed by atoms with E-state index in [2.05, 4.69) is 16.2 Å². The van der Waals surface area contributed by atoms with Crippen LogP contribution in [0, 0.1) is 0 Å². The topological polar surface area (TPSA) is 94.1 Å². The molecule has 2 heterocycles. The first-order chi connectivity index (χ1) is 15.4. The first kappa shape index (κ1) is 20.0. The fraction of sp³-hybridized carbons (Fsp3) is 0.0833. The number of aromatic nitrogens is 3. The zero-order chi connectivity index (χ0) is 22.3. The van der Waals surface area contributed by atoms with Crippen molar-refractivity contribution in [2.75, 3.05) is 17.7 Å². The quantitative estimate of drug-likeness (QED) is 0.483. The largest absolute Gasteiger partial charge is 0.399 e. The van der Waals surface area contributed by atoms with E-state index in [1.54, 1.807) is 35.0 Å². The summed E-state index contributed by atoms with van der Waals surface area (Å²) in [5.41, 5.74) is 9.35. The molecule has 8 heteroatoms. The highest BCUT2D eigenvalue weighted by Gasteiger charge is 2.33. The lowest BCUT2D eigenvalue weighted by molar-refractivity contribution is 0.565. The maximum Gasteiger partial charge on any atom is 0.273 e. The summed E-state index contributed by atoms with van der Waals surface area (Å²) in [4.78, 5) is 6.48. The van der Waals surface area contributed by atoms with Crippen LogP contribution in [0.2, 0.25) is 0 Å². The molecule has 0 radical (unpaired) electrons. The average molecular weight is 444 g/mol. The molecule has 7 nitrogen and oxygen atoms in total. The summed E-state index contributed by atoms with van der Waals surface area (Å²) < 4.78 is 28.1. The van der Waals surface area contributed by atoms with E-state index in [-0.39, 0.29) is 16.1 Å². The molecule has 1 aromatic heterocycles. The third-order valence-electron chi connectivity index (χ3n) is 5.48. The second kappa shape index (κ2) is 7.65. The normalized spacial score (nSPS) is 15.8. The van der Waals surface area contributed by atoms with E-state index < -0.39 is 9.84 Å². The number of nitrogens with zero attached hydrogens (tertiary/aromatic N) is 4. The molecule has 0 spiro atoms. The Labute approximate surface area is 186 Å². The minimum Gasteiger partial charge on any atom is -0.399 e. The van der Waals surface area contributed by atoms with Gasteiger partial charge in [0, 0.05) is 18.4 Å². The lowest BCUT2D eigenvalue weighted by Crippen LogP contribution is -2.28. The molecular formula is C24H21N5O2S. The van der Waals surface area contributed by atoms with Crippen molar-refractivity contribution >= 4 is 27.2 Å². The SMILES string of the molecule is CN1C(c2ccc(N)cc2)=CC(c2ccccc2)n2nc(S(=O)(=O)c3ccccc3)nc21. The molecule has 32 heavy (non-hydrogen) atoms. The summed E-state index contributed by atoms with van der Waals surface area (Å²) >= 11 is 0. The highest BCUT2D eigenvalue weighted by atomic mass is 32.2. The van der Waals surface area contributed by atoms with E-state index in [1.165, 1.54) is 0 Å². The molecule has 1 aliphatic rings. The number of nitrogens with two attached hydrogens (primary N) is 1. The molecule has 3 aromatic carbocycles. The molecule has 0 amide bonds. The molecular weight excluding hydrogens is 422 g/mol. The molecule has 1 unspecified atom stereocenters. The van der Waals surface area contributed by atoms with Crippen LogP contribution in [-0.4, -0.2) is 30.2 Å². The molecule has 0 bridgehead atoms. The van der Waals surface area contributed by atoms with Crippen LogP contribution in [0.3, 0.4) is 0 Å². The van der Waals surface area contributed by atoms with Gasteiger partial charge in [0.2, 0.25) is 15.8 Å². The van der Waals surface area contributed by atoms with Crippen molar-refractivity contribution in [2.24, 2.45) is 0 Å². The first-order valence-corrected chi connectivity index (χ1v) is 11.6. The van der Waals surface area contributed by atoms with Crippen LogP contribution in [0.1, 0.15) is 17.2 Å². The van der Waals surface area contributed by atoms with Crippen LogP contribution in [-0.2, 0) is 9.84 Å². The van der Waals surface area contributed by atoms with Crippen LogP contribution in [0.15, 0.2) is 101 Å². The lowest BCUT2D eigenvalue weighted by atomic mass is 10.0. The smallest absolute Gasteiger partial charge is 0.273 e. The highest BCUT2D eigenvalue weighted by molar-refractivity contribution is 7.91. The van der Waals surface area contributed by atoms with Crippen LogP contribution in [0.5, 0.6) is 0 Å². The van der Waals surface area contributed by atoms with Crippen LogP contribution < -0.4 is 10.6 Å². The first-order valence-electron chi connectivity index (χ1n) is 10.1. The Morgan fingerprint density at radius 2 is 1.50 bits per heavy atom. The number of benzene rings is 3. The molecule has 1 aliphatic heterocycles. The number of rotatable bonds is 4. The third kappa shape index (κ3) is 3.34. The van der Waals surface area contributed by atoms with Crippen LogP contribution in [0.25, 0.3) is 5.70 Å². The van der Waals surface area contributed by atoms with Crippen LogP contribution >= 0.6 is 0 Å². The second-order valence-corrected chi connectivity index (χ2v) is 9.39. The third-order valence-corrected chi connectivity index (χ3v) is 7.02. The maximum absolute atomic E-state index is 13.2. The van der Waals surface area contributed by atoms with Gasteiger partial charge >= 0.3 is 0 Å². The molecule has 1 atom stereocenters. The van der Waals surface area contributed by atoms with Crippen LogP contribution in [0.4, 0.5) is 11.6 Å². The monoisotopic (exact) mass is 443 g/mol. The van der Waals surface area contributed by atoms with Crippen molar-refractivity contribution in [2.45, 2.75) is 16.1 Å². The fourth-order valence-corrected chi connectivity index (χ4v) is 4.92. The van der Waals surface area contributed by atoms with E-state index >= 15 is 0 Å². The van der Waals surface area contributed by atoms with Gasteiger partial charge in [-0.05, 0) is 41.5 Å². The van der Waals surface area contributed by atoms with E-state index in [1.807, 2.05) is 66.5 Å². The number of allylic oxidation sites excluding steroid dienone is 1. The van der Waals surface area contributed by atoms with Gasteiger partial charge < -0.3 is 10.6 Å².